The van der Waals surface area contributed by atoms with Gasteiger partial charge in [0.05, 0.1) is 10.5 Å². The Kier molecular flexibility index (Phi) is 7.04. The fourth-order valence-electron chi connectivity index (χ4n) is 4.20. The third kappa shape index (κ3) is 5.47. The van der Waals surface area contributed by atoms with Crippen LogP contribution in [0.2, 0.25) is 0 Å². The molecule has 7 nitrogen and oxygen atoms in total. The number of anilines is 1. The summed E-state index contributed by atoms with van der Waals surface area (Å²) in [6.45, 7) is 2.79. The van der Waals surface area contributed by atoms with Crippen molar-refractivity contribution in [3.63, 3.8) is 0 Å². The minimum absolute atomic E-state index is 0.0104. The summed E-state index contributed by atoms with van der Waals surface area (Å²) in [5, 5.41) is 2.85. The van der Waals surface area contributed by atoms with Crippen molar-refractivity contribution in [1.82, 2.24) is 14.5 Å². The van der Waals surface area contributed by atoms with Crippen molar-refractivity contribution in [2.24, 2.45) is 0 Å². The molecule has 2 aliphatic rings. The molecule has 0 bridgehead atoms. The average Bonchev–Trinajstić information content (AvgIpc) is 3.37. The molecule has 0 atom stereocenters. The van der Waals surface area contributed by atoms with E-state index in [0.717, 1.165) is 41.2 Å². The number of sulfonamides is 1. The number of benzene rings is 2. The lowest BCUT2D eigenvalue weighted by molar-refractivity contribution is -0.137. The number of piperazine rings is 1. The highest BCUT2D eigenvalue weighted by molar-refractivity contribution is 7.89. The van der Waals surface area contributed by atoms with Crippen molar-refractivity contribution >= 4 is 21.7 Å². The summed E-state index contributed by atoms with van der Waals surface area (Å²) in [7, 11) is -4.09. The summed E-state index contributed by atoms with van der Waals surface area (Å²) in [5.41, 5.74) is 1.12. The number of halogens is 3. The Morgan fingerprint density at radius 3 is 2.18 bits per heavy atom. The fraction of sp³-hybridized carbons (Fsp3) is 0.435. The Morgan fingerprint density at radius 2 is 1.56 bits per heavy atom. The number of amides is 2. The van der Waals surface area contributed by atoms with E-state index in [1.165, 1.54) is 23.4 Å². The summed E-state index contributed by atoms with van der Waals surface area (Å²) < 4.78 is 65.6. The molecule has 0 aromatic heterocycles. The van der Waals surface area contributed by atoms with Crippen LogP contribution >= 0.6 is 0 Å². The summed E-state index contributed by atoms with van der Waals surface area (Å²) >= 11 is 0. The first-order valence-electron chi connectivity index (χ1n) is 11.2. The summed E-state index contributed by atoms with van der Waals surface area (Å²) in [5.74, 6) is 0. The van der Waals surface area contributed by atoms with E-state index in [4.69, 9.17) is 0 Å². The standard InChI is InChI=1S/C23H27F3N4O3S/c24-23(25,26)19-4-3-5-21(16-19)34(32,33)30-14-12-29(13-15-30)22(31)27-17-18-6-8-20(9-7-18)28-10-1-2-11-28/h3-9,16H,1-2,10-15,17H2,(H,27,31). The number of rotatable bonds is 5. The average molecular weight is 497 g/mol. The van der Waals surface area contributed by atoms with Gasteiger partial charge in [-0.2, -0.15) is 17.5 Å². The van der Waals surface area contributed by atoms with Gasteiger partial charge >= 0.3 is 12.2 Å². The molecule has 2 aromatic rings. The zero-order valence-electron chi connectivity index (χ0n) is 18.6. The van der Waals surface area contributed by atoms with Gasteiger partial charge in [0.2, 0.25) is 10.0 Å². The quantitative estimate of drug-likeness (QED) is 0.688. The van der Waals surface area contributed by atoms with E-state index in [1.54, 1.807) is 0 Å². The maximum absolute atomic E-state index is 13.0. The van der Waals surface area contributed by atoms with Crippen LogP contribution in [0, 0.1) is 0 Å². The number of hydrogen-bond acceptors (Lipinski definition) is 4. The second-order valence-corrected chi connectivity index (χ2v) is 10.4. The maximum atomic E-state index is 13.0. The molecule has 184 valence electrons. The predicted octanol–water partition coefficient (Wildman–Crippen LogP) is 3.52. The number of urea groups is 1. The van der Waals surface area contributed by atoms with Gasteiger partial charge in [-0.25, -0.2) is 13.2 Å². The van der Waals surface area contributed by atoms with Crippen LogP contribution in [0.4, 0.5) is 23.7 Å². The lowest BCUT2D eigenvalue weighted by Crippen LogP contribution is -2.52. The molecule has 2 amide bonds. The van der Waals surface area contributed by atoms with Crippen LogP contribution in [-0.2, 0) is 22.7 Å². The van der Waals surface area contributed by atoms with Gasteiger partial charge in [-0.1, -0.05) is 18.2 Å². The molecule has 4 rings (SSSR count). The molecule has 2 heterocycles. The van der Waals surface area contributed by atoms with E-state index in [-0.39, 0.29) is 32.2 Å². The number of carbonyl (C=O) groups is 1. The molecular formula is C23H27F3N4O3S. The minimum Gasteiger partial charge on any atom is -0.372 e. The molecule has 2 aromatic carbocycles. The van der Waals surface area contributed by atoms with E-state index in [1.807, 2.05) is 24.3 Å². The lowest BCUT2D eigenvalue weighted by Gasteiger charge is -2.34. The molecule has 34 heavy (non-hydrogen) atoms. The zero-order valence-corrected chi connectivity index (χ0v) is 19.4. The zero-order chi connectivity index (χ0) is 24.3. The second-order valence-electron chi connectivity index (χ2n) is 8.44. The van der Waals surface area contributed by atoms with Gasteiger partial charge in [0.15, 0.2) is 0 Å². The van der Waals surface area contributed by atoms with E-state index >= 15 is 0 Å². The number of carbonyl (C=O) groups excluding carboxylic acids is 1. The van der Waals surface area contributed by atoms with E-state index in [2.05, 4.69) is 10.2 Å². The third-order valence-electron chi connectivity index (χ3n) is 6.18. The smallest absolute Gasteiger partial charge is 0.372 e. The number of nitrogens with zero attached hydrogens (tertiary/aromatic N) is 3. The van der Waals surface area contributed by atoms with E-state index < -0.39 is 26.7 Å². The van der Waals surface area contributed by atoms with Gasteiger partial charge in [-0.3, -0.25) is 0 Å². The number of alkyl halides is 3. The van der Waals surface area contributed by atoms with Crippen molar-refractivity contribution < 1.29 is 26.4 Å². The Labute approximate surface area is 197 Å². The van der Waals surface area contributed by atoms with Crippen LogP contribution < -0.4 is 10.2 Å². The lowest BCUT2D eigenvalue weighted by atomic mass is 10.2. The highest BCUT2D eigenvalue weighted by Gasteiger charge is 2.34. The Hall–Kier alpha value is -2.79. The molecule has 0 aliphatic carbocycles. The van der Waals surface area contributed by atoms with Crippen molar-refractivity contribution in [2.45, 2.75) is 30.5 Å². The maximum Gasteiger partial charge on any atom is 0.416 e. The monoisotopic (exact) mass is 496 g/mol. The van der Waals surface area contributed by atoms with Gasteiger partial charge in [0.1, 0.15) is 0 Å². The van der Waals surface area contributed by atoms with Crippen LogP contribution in [0.1, 0.15) is 24.0 Å². The van der Waals surface area contributed by atoms with Gasteiger partial charge in [0, 0.05) is 51.5 Å². The summed E-state index contributed by atoms with van der Waals surface area (Å²) in [4.78, 5) is 16.0. The molecule has 0 spiro atoms. The molecule has 11 heteroatoms. The highest BCUT2D eigenvalue weighted by Crippen LogP contribution is 2.31. The molecular weight excluding hydrogens is 469 g/mol. The fourth-order valence-corrected chi connectivity index (χ4v) is 5.67. The SMILES string of the molecule is O=C(NCc1ccc(N2CCCC2)cc1)N1CCN(S(=O)(=O)c2cccc(C(F)(F)F)c2)CC1. The van der Waals surface area contributed by atoms with Crippen LogP contribution in [0.25, 0.3) is 0 Å². The van der Waals surface area contributed by atoms with Crippen molar-refractivity contribution in [1.29, 1.82) is 0 Å². The van der Waals surface area contributed by atoms with E-state index in [0.29, 0.717) is 12.6 Å². The number of hydrogen-bond donors (Lipinski definition) is 1. The molecule has 0 saturated carbocycles. The normalized spacial score (nSPS) is 17.7. The van der Waals surface area contributed by atoms with Gasteiger partial charge in [-0.05, 0) is 48.7 Å². The topological polar surface area (TPSA) is 73.0 Å². The first kappa shape index (κ1) is 24.3. The first-order chi connectivity index (χ1) is 16.1. The van der Waals surface area contributed by atoms with Crippen LogP contribution in [-0.4, -0.2) is 62.9 Å². The minimum atomic E-state index is -4.63. The molecule has 2 aliphatic heterocycles. The Bertz CT molecular complexity index is 1110. The van der Waals surface area contributed by atoms with Crippen LogP contribution in [0.5, 0.6) is 0 Å². The first-order valence-corrected chi connectivity index (χ1v) is 12.6. The molecule has 2 saturated heterocycles. The van der Waals surface area contributed by atoms with Crippen molar-refractivity contribution in [2.75, 3.05) is 44.2 Å². The van der Waals surface area contributed by atoms with Crippen LogP contribution in [0.15, 0.2) is 53.4 Å². The van der Waals surface area contributed by atoms with Gasteiger partial charge < -0.3 is 15.1 Å². The Morgan fingerprint density at radius 1 is 0.912 bits per heavy atom. The van der Waals surface area contributed by atoms with Crippen molar-refractivity contribution in [3.05, 3.63) is 59.7 Å². The number of nitrogens with one attached hydrogen (secondary N) is 1. The van der Waals surface area contributed by atoms with E-state index in [9.17, 15) is 26.4 Å². The molecule has 2 fully saturated rings. The molecule has 0 radical (unpaired) electrons. The largest absolute Gasteiger partial charge is 0.416 e. The third-order valence-corrected chi connectivity index (χ3v) is 8.07. The highest BCUT2D eigenvalue weighted by atomic mass is 32.2. The summed E-state index contributed by atoms with van der Waals surface area (Å²) in [6, 6.07) is 11.5. The van der Waals surface area contributed by atoms with Gasteiger partial charge in [-0.15, -0.1) is 0 Å². The summed E-state index contributed by atoms with van der Waals surface area (Å²) in [6.07, 6.45) is -2.23. The Balaban J connectivity index is 1.29. The molecule has 0 unspecified atom stereocenters. The second kappa shape index (κ2) is 9.83. The van der Waals surface area contributed by atoms with Crippen LogP contribution in [0.3, 0.4) is 0 Å². The molecule has 1 N–H and O–H groups in total. The van der Waals surface area contributed by atoms with Gasteiger partial charge in [0.25, 0.3) is 0 Å². The predicted molar refractivity (Wildman–Crippen MR) is 122 cm³/mol. The van der Waals surface area contributed by atoms with Crippen molar-refractivity contribution in [3.8, 4) is 0 Å².